The molecule has 0 saturated heterocycles. The van der Waals surface area contributed by atoms with Crippen molar-refractivity contribution in [3.8, 4) is 0 Å². The molecule has 0 radical (unpaired) electrons. The minimum Gasteiger partial charge on any atom is -0.318 e. The Hall–Kier alpha value is -1.26. The van der Waals surface area contributed by atoms with E-state index in [0.29, 0.717) is 5.56 Å². The Morgan fingerprint density at radius 1 is 1.06 bits per heavy atom. The molecule has 94 valence electrons. The van der Waals surface area contributed by atoms with Gasteiger partial charge in [-0.3, -0.25) is 0 Å². The van der Waals surface area contributed by atoms with Crippen molar-refractivity contribution >= 4 is 15.9 Å². The zero-order valence-electron chi connectivity index (χ0n) is 9.75. The summed E-state index contributed by atoms with van der Waals surface area (Å²) >= 11 is 3.05. The minimum atomic E-state index is -1.22. The summed E-state index contributed by atoms with van der Waals surface area (Å²) < 4.78 is 28.1. The van der Waals surface area contributed by atoms with Gasteiger partial charge >= 0.3 is 0 Å². The maximum Gasteiger partial charge on any atom is 0.145 e. The zero-order chi connectivity index (χ0) is 13.3. The topological polar surface area (TPSA) is 26.0 Å². The van der Waals surface area contributed by atoms with Crippen LogP contribution in [0, 0.1) is 11.6 Å². The van der Waals surface area contributed by atoms with Gasteiger partial charge in [0.1, 0.15) is 11.6 Å². The molecule has 2 rings (SSSR count). The van der Waals surface area contributed by atoms with Crippen LogP contribution in [-0.2, 0) is 5.54 Å². The molecule has 0 spiro atoms. The lowest BCUT2D eigenvalue weighted by Gasteiger charge is -2.27. The molecule has 0 aliphatic rings. The van der Waals surface area contributed by atoms with E-state index in [9.17, 15) is 8.78 Å². The van der Waals surface area contributed by atoms with E-state index in [1.54, 1.807) is 31.2 Å². The van der Waals surface area contributed by atoms with Crippen molar-refractivity contribution in [2.45, 2.75) is 12.5 Å². The Morgan fingerprint density at radius 3 is 2.28 bits per heavy atom. The summed E-state index contributed by atoms with van der Waals surface area (Å²) in [6.45, 7) is 1.59. The quantitative estimate of drug-likeness (QED) is 0.835. The van der Waals surface area contributed by atoms with Gasteiger partial charge in [-0.15, -0.1) is 0 Å². The van der Waals surface area contributed by atoms with Gasteiger partial charge in [0.25, 0.3) is 0 Å². The molecule has 0 aliphatic carbocycles. The van der Waals surface area contributed by atoms with E-state index in [2.05, 4.69) is 15.9 Å². The largest absolute Gasteiger partial charge is 0.318 e. The Morgan fingerprint density at radius 2 is 1.67 bits per heavy atom. The fourth-order valence-corrected chi connectivity index (χ4v) is 2.26. The molecule has 2 aromatic rings. The van der Waals surface area contributed by atoms with Crippen LogP contribution in [-0.4, -0.2) is 0 Å². The lowest BCUT2D eigenvalue weighted by molar-refractivity contribution is 0.479. The molecule has 1 unspecified atom stereocenters. The second kappa shape index (κ2) is 4.78. The van der Waals surface area contributed by atoms with Crippen LogP contribution >= 0.6 is 15.9 Å². The first-order valence-electron chi connectivity index (χ1n) is 5.43. The number of benzene rings is 2. The van der Waals surface area contributed by atoms with Gasteiger partial charge in [0.15, 0.2) is 0 Å². The summed E-state index contributed by atoms with van der Waals surface area (Å²) in [4.78, 5) is 0. The van der Waals surface area contributed by atoms with Crippen LogP contribution < -0.4 is 5.73 Å². The third-order valence-corrected chi connectivity index (χ3v) is 3.55. The summed E-state index contributed by atoms with van der Waals surface area (Å²) in [5, 5.41) is 0. The smallest absolute Gasteiger partial charge is 0.145 e. The van der Waals surface area contributed by atoms with Gasteiger partial charge in [0.05, 0.1) is 10.0 Å². The van der Waals surface area contributed by atoms with Crippen molar-refractivity contribution in [1.82, 2.24) is 0 Å². The SMILES string of the molecule is CC(N)(c1ccccc1)c1c(F)ccc(Br)c1F. The third-order valence-electron chi connectivity index (χ3n) is 2.94. The summed E-state index contributed by atoms with van der Waals surface area (Å²) in [7, 11) is 0. The van der Waals surface area contributed by atoms with Crippen molar-refractivity contribution < 1.29 is 8.78 Å². The highest BCUT2D eigenvalue weighted by Gasteiger charge is 2.31. The van der Waals surface area contributed by atoms with E-state index in [-0.39, 0.29) is 10.0 Å². The van der Waals surface area contributed by atoms with Gasteiger partial charge in [-0.05, 0) is 40.5 Å². The second-order valence-electron chi connectivity index (χ2n) is 4.29. The predicted molar refractivity (Wildman–Crippen MR) is 71.1 cm³/mol. The lowest BCUT2D eigenvalue weighted by Crippen LogP contribution is -2.36. The normalized spacial score (nSPS) is 14.3. The first-order valence-corrected chi connectivity index (χ1v) is 6.22. The molecule has 0 aromatic heterocycles. The van der Waals surface area contributed by atoms with Crippen LogP contribution in [0.4, 0.5) is 8.78 Å². The second-order valence-corrected chi connectivity index (χ2v) is 5.14. The highest BCUT2D eigenvalue weighted by Crippen LogP contribution is 2.33. The molecule has 1 atom stereocenters. The van der Waals surface area contributed by atoms with Crippen molar-refractivity contribution in [2.24, 2.45) is 5.73 Å². The number of hydrogen-bond donors (Lipinski definition) is 1. The van der Waals surface area contributed by atoms with E-state index >= 15 is 0 Å². The zero-order valence-corrected chi connectivity index (χ0v) is 11.3. The highest BCUT2D eigenvalue weighted by molar-refractivity contribution is 9.10. The Balaban J connectivity index is 2.65. The summed E-state index contributed by atoms with van der Waals surface area (Å²) in [5.41, 5.74) is 5.42. The van der Waals surface area contributed by atoms with Gasteiger partial charge in [-0.2, -0.15) is 0 Å². The van der Waals surface area contributed by atoms with Gasteiger partial charge in [0, 0.05) is 5.56 Å². The highest BCUT2D eigenvalue weighted by atomic mass is 79.9. The molecule has 1 nitrogen and oxygen atoms in total. The van der Waals surface area contributed by atoms with Crippen molar-refractivity contribution in [3.05, 3.63) is 69.7 Å². The van der Waals surface area contributed by atoms with Gasteiger partial charge in [-0.25, -0.2) is 8.78 Å². The molecule has 0 aliphatic heterocycles. The summed E-state index contributed by atoms with van der Waals surface area (Å²) in [6.07, 6.45) is 0. The Bertz CT molecular complexity index is 568. The predicted octanol–water partition coefficient (Wildman–Crippen LogP) is 3.95. The fourth-order valence-electron chi connectivity index (χ4n) is 1.93. The monoisotopic (exact) mass is 311 g/mol. The molecule has 2 N–H and O–H groups in total. The van der Waals surface area contributed by atoms with E-state index in [1.807, 2.05) is 6.07 Å². The molecule has 0 fully saturated rings. The van der Waals surface area contributed by atoms with Crippen molar-refractivity contribution in [1.29, 1.82) is 0 Å². The summed E-state index contributed by atoms with van der Waals surface area (Å²) in [5.74, 6) is -1.31. The molecule has 4 heteroatoms. The van der Waals surface area contributed by atoms with E-state index in [0.717, 1.165) is 0 Å². The number of nitrogens with two attached hydrogens (primary N) is 1. The fraction of sp³-hybridized carbons (Fsp3) is 0.143. The number of halogens is 3. The van der Waals surface area contributed by atoms with E-state index in [4.69, 9.17) is 5.73 Å². The Labute approximate surface area is 113 Å². The maximum absolute atomic E-state index is 14.1. The average Bonchev–Trinajstić information content (AvgIpc) is 2.35. The van der Waals surface area contributed by atoms with Crippen LogP contribution in [0.3, 0.4) is 0 Å². The van der Waals surface area contributed by atoms with E-state index < -0.39 is 17.2 Å². The van der Waals surface area contributed by atoms with Gasteiger partial charge in [0.2, 0.25) is 0 Å². The van der Waals surface area contributed by atoms with E-state index in [1.165, 1.54) is 12.1 Å². The molecular formula is C14H12BrF2N. The molecular weight excluding hydrogens is 300 g/mol. The molecule has 0 heterocycles. The lowest BCUT2D eigenvalue weighted by atomic mass is 9.85. The average molecular weight is 312 g/mol. The first-order chi connectivity index (χ1) is 8.44. The molecule has 2 aromatic carbocycles. The Kier molecular flexibility index (Phi) is 3.50. The molecule has 0 amide bonds. The first kappa shape index (κ1) is 13.2. The van der Waals surface area contributed by atoms with Crippen molar-refractivity contribution in [2.75, 3.05) is 0 Å². The van der Waals surface area contributed by atoms with Gasteiger partial charge in [-0.1, -0.05) is 30.3 Å². The third kappa shape index (κ3) is 2.18. The summed E-state index contributed by atoms with van der Waals surface area (Å²) in [6, 6.07) is 11.4. The standard InChI is InChI=1S/C14H12BrF2N/c1-14(18,9-5-3-2-4-6-9)12-11(16)8-7-10(15)13(12)17/h2-8H,18H2,1H3. The number of hydrogen-bond acceptors (Lipinski definition) is 1. The molecule has 0 bridgehead atoms. The van der Waals surface area contributed by atoms with Gasteiger partial charge < -0.3 is 5.73 Å². The van der Waals surface area contributed by atoms with Crippen molar-refractivity contribution in [3.63, 3.8) is 0 Å². The van der Waals surface area contributed by atoms with Crippen LogP contribution in [0.1, 0.15) is 18.1 Å². The van der Waals surface area contributed by atoms with Crippen LogP contribution in [0.15, 0.2) is 46.9 Å². The van der Waals surface area contributed by atoms with Crippen LogP contribution in [0.5, 0.6) is 0 Å². The molecule has 18 heavy (non-hydrogen) atoms. The minimum absolute atomic E-state index is 0.136. The number of rotatable bonds is 2. The molecule has 0 saturated carbocycles. The maximum atomic E-state index is 14.1. The van der Waals surface area contributed by atoms with Crippen LogP contribution in [0.2, 0.25) is 0 Å². The van der Waals surface area contributed by atoms with Crippen LogP contribution in [0.25, 0.3) is 0 Å².